The fourth-order valence-electron chi connectivity index (χ4n) is 1.93. The Morgan fingerprint density at radius 1 is 0.900 bits per heavy atom. The van der Waals surface area contributed by atoms with Crippen molar-refractivity contribution >= 4 is 10.2 Å². The SMILES string of the molecule is CCCCN(CCCC)S(=O)(=O)N(C)CCCNCC. The van der Waals surface area contributed by atoms with Crippen LogP contribution in [0.25, 0.3) is 0 Å². The van der Waals surface area contributed by atoms with Gasteiger partial charge in [0.1, 0.15) is 0 Å². The molecule has 20 heavy (non-hydrogen) atoms. The lowest BCUT2D eigenvalue weighted by molar-refractivity contribution is 0.347. The zero-order valence-corrected chi connectivity index (χ0v) is 14.5. The number of hydrogen-bond acceptors (Lipinski definition) is 3. The van der Waals surface area contributed by atoms with E-state index in [1.54, 1.807) is 11.4 Å². The van der Waals surface area contributed by atoms with Gasteiger partial charge < -0.3 is 5.32 Å². The maximum atomic E-state index is 12.5. The summed E-state index contributed by atoms with van der Waals surface area (Å²) in [4.78, 5) is 0. The molecule has 0 saturated carbocycles. The predicted octanol–water partition coefficient (Wildman–Crippen LogP) is 2.06. The first kappa shape index (κ1) is 19.8. The maximum absolute atomic E-state index is 12.5. The highest BCUT2D eigenvalue weighted by Gasteiger charge is 2.25. The highest BCUT2D eigenvalue weighted by molar-refractivity contribution is 7.86. The molecule has 0 aromatic heterocycles. The Morgan fingerprint density at radius 2 is 1.45 bits per heavy atom. The lowest BCUT2D eigenvalue weighted by Crippen LogP contribution is -2.43. The van der Waals surface area contributed by atoms with E-state index in [0.717, 1.165) is 45.2 Å². The summed E-state index contributed by atoms with van der Waals surface area (Å²) in [5.74, 6) is 0. The topological polar surface area (TPSA) is 52.7 Å². The number of unbranched alkanes of at least 4 members (excludes halogenated alkanes) is 2. The molecule has 0 aliphatic rings. The molecule has 0 unspecified atom stereocenters. The molecule has 0 atom stereocenters. The molecule has 0 aromatic rings. The molecular weight excluding hydrogens is 274 g/mol. The fourth-order valence-corrected chi connectivity index (χ4v) is 3.40. The minimum absolute atomic E-state index is 0.573. The van der Waals surface area contributed by atoms with Gasteiger partial charge in [-0.05, 0) is 32.4 Å². The van der Waals surface area contributed by atoms with Gasteiger partial charge >= 0.3 is 0 Å². The molecule has 0 spiro atoms. The van der Waals surface area contributed by atoms with E-state index >= 15 is 0 Å². The van der Waals surface area contributed by atoms with Crippen LogP contribution in [0.5, 0.6) is 0 Å². The van der Waals surface area contributed by atoms with Crippen molar-refractivity contribution in [3.05, 3.63) is 0 Å². The molecule has 6 heteroatoms. The van der Waals surface area contributed by atoms with Gasteiger partial charge in [-0.2, -0.15) is 17.0 Å². The van der Waals surface area contributed by atoms with Crippen molar-refractivity contribution in [3.63, 3.8) is 0 Å². The molecule has 0 rings (SSSR count). The van der Waals surface area contributed by atoms with Crippen LogP contribution >= 0.6 is 0 Å². The van der Waals surface area contributed by atoms with E-state index in [1.807, 2.05) is 0 Å². The molecule has 0 aliphatic carbocycles. The van der Waals surface area contributed by atoms with E-state index in [2.05, 4.69) is 26.1 Å². The summed E-state index contributed by atoms with van der Waals surface area (Å²) in [5, 5.41) is 3.22. The molecular formula is C14H33N3O2S. The quantitative estimate of drug-likeness (QED) is 0.530. The summed E-state index contributed by atoms with van der Waals surface area (Å²) in [6.07, 6.45) is 4.73. The van der Waals surface area contributed by atoms with E-state index in [4.69, 9.17) is 0 Å². The summed E-state index contributed by atoms with van der Waals surface area (Å²) in [6.45, 7) is 9.86. The van der Waals surface area contributed by atoms with Crippen LogP contribution in [0.1, 0.15) is 52.9 Å². The van der Waals surface area contributed by atoms with Crippen LogP contribution in [0, 0.1) is 0 Å². The molecule has 0 saturated heterocycles. The number of hydrogen-bond donors (Lipinski definition) is 1. The van der Waals surface area contributed by atoms with Crippen molar-refractivity contribution in [3.8, 4) is 0 Å². The van der Waals surface area contributed by atoms with Crippen molar-refractivity contribution in [2.45, 2.75) is 52.9 Å². The van der Waals surface area contributed by atoms with Crippen molar-refractivity contribution in [1.29, 1.82) is 0 Å². The Bertz CT molecular complexity index is 312. The van der Waals surface area contributed by atoms with Crippen LogP contribution in [0.2, 0.25) is 0 Å². The Hall–Kier alpha value is -0.170. The Balaban J connectivity index is 4.48. The molecule has 0 aromatic carbocycles. The minimum atomic E-state index is -3.29. The minimum Gasteiger partial charge on any atom is -0.317 e. The lowest BCUT2D eigenvalue weighted by atomic mass is 10.3. The van der Waals surface area contributed by atoms with Gasteiger partial charge in [0.15, 0.2) is 0 Å². The summed E-state index contributed by atoms with van der Waals surface area (Å²) in [7, 11) is -1.61. The number of nitrogens with zero attached hydrogens (tertiary/aromatic N) is 2. The van der Waals surface area contributed by atoms with E-state index < -0.39 is 10.2 Å². The zero-order valence-electron chi connectivity index (χ0n) is 13.7. The van der Waals surface area contributed by atoms with Crippen molar-refractivity contribution in [2.24, 2.45) is 0 Å². The van der Waals surface area contributed by atoms with Gasteiger partial charge in [0, 0.05) is 26.7 Å². The third-order valence-corrected chi connectivity index (χ3v) is 5.31. The third-order valence-electron chi connectivity index (χ3n) is 3.32. The Labute approximate surface area is 125 Å². The van der Waals surface area contributed by atoms with E-state index in [1.165, 1.54) is 4.31 Å². The first-order valence-corrected chi connectivity index (χ1v) is 9.32. The molecule has 0 fully saturated rings. The third kappa shape index (κ3) is 7.57. The van der Waals surface area contributed by atoms with Crippen molar-refractivity contribution in [1.82, 2.24) is 13.9 Å². The van der Waals surface area contributed by atoms with Gasteiger partial charge in [0.05, 0.1) is 0 Å². The van der Waals surface area contributed by atoms with Gasteiger partial charge in [0.2, 0.25) is 0 Å². The Morgan fingerprint density at radius 3 is 1.90 bits per heavy atom. The second-order valence-electron chi connectivity index (χ2n) is 5.14. The highest BCUT2D eigenvalue weighted by atomic mass is 32.2. The second-order valence-corrected chi connectivity index (χ2v) is 7.18. The predicted molar refractivity (Wildman–Crippen MR) is 86.1 cm³/mol. The smallest absolute Gasteiger partial charge is 0.281 e. The van der Waals surface area contributed by atoms with Crippen LogP contribution in [0.15, 0.2) is 0 Å². The van der Waals surface area contributed by atoms with Crippen molar-refractivity contribution in [2.75, 3.05) is 39.8 Å². The standard InChI is InChI=1S/C14H33N3O2S/c1-5-8-13-17(14-9-6-2)20(18,19)16(4)12-10-11-15-7-3/h15H,5-14H2,1-4H3. The van der Waals surface area contributed by atoms with Crippen molar-refractivity contribution < 1.29 is 8.42 Å². The van der Waals surface area contributed by atoms with E-state index in [9.17, 15) is 8.42 Å². The summed E-state index contributed by atoms with van der Waals surface area (Å²) >= 11 is 0. The molecule has 0 aliphatic heterocycles. The second kappa shape index (κ2) is 11.5. The lowest BCUT2D eigenvalue weighted by Gasteiger charge is -2.27. The first-order chi connectivity index (χ1) is 9.50. The van der Waals surface area contributed by atoms with Gasteiger partial charge in [-0.1, -0.05) is 33.6 Å². The van der Waals surface area contributed by atoms with Crippen LogP contribution in [0.4, 0.5) is 0 Å². The monoisotopic (exact) mass is 307 g/mol. The maximum Gasteiger partial charge on any atom is 0.281 e. The van der Waals surface area contributed by atoms with E-state index in [-0.39, 0.29) is 0 Å². The van der Waals surface area contributed by atoms with Crippen LogP contribution < -0.4 is 5.32 Å². The van der Waals surface area contributed by atoms with E-state index in [0.29, 0.717) is 19.6 Å². The van der Waals surface area contributed by atoms with Gasteiger partial charge in [-0.25, -0.2) is 0 Å². The summed E-state index contributed by atoms with van der Waals surface area (Å²) in [6, 6.07) is 0. The number of nitrogens with one attached hydrogen (secondary N) is 1. The van der Waals surface area contributed by atoms with Crippen LogP contribution in [-0.2, 0) is 10.2 Å². The van der Waals surface area contributed by atoms with Gasteiger partial charge in [0.25, 0.3) is 10.2 Å². The molecule has 122 valence electrons. The van der Waals surface area contributed by atoms with Gasteiger partial charge in [-0.3, -0.25) is 0 Å². The normalized spacial score (nSPS) is 12.5. The molecule has 0 radical (unpaired) electrons. The number of rotatable bonds is 13. The summed E-state index contributed by atoms with van der Waals surface area (Å²) < 4.78 is 28.2. The zero-order chi connectivity index (χ0) is 15.4. The highest BCUT2D eigenvalue weighted by Crippen LogP contribution is 2.10. The first-order valence-electron chi connectivity index (χ1n) is 7.92. The molecule has 5 nitrogen and oxygen atoms in total. The average Bonchev–Trinajstić information content (AvgIpc) is 2.43. The molecule has 0 bridgehead atoms. The largest absolute Gasteiger partial charge is 0.317 e. The average molecular weight is 308 g/mol. The summed E-state index contributed by atoms with van der Waals surface area (Å²) in [5.41, 5.74) is 0. The molecule has 0 heterocycles. The molecule has 0 amide bonds. The fraction of sp³-hybridized carbons (Fsp3) is 1.00. The van der Waals surface area contributed by atoms with Crippen LogP contribution in [0.3, 0.4) is 0 Å². The van der Waals surface area contributed by atoms with Gasteiger partial charge in [-0.15, -0.1) is 0 Å². The van der Waals surface area contributed by atoms with Crippen LogP contribution in [-0.4, -0.2) is 56.8 Å². The Kier molecular flexibility index (Phi) is 11.4. The molecule has 1 N–H and O–H groups in total.